The van der Waals surface area contributed by atoms with Crippen LogP contribution in [0.25, 0.3) is 11.2 Å². The maximum absolute atomic E-state index is 13.1. The van der Waals surface area contributed by atoms with E-state index in [1.54, 1.807) is 0 Å². The van der Waals surface area contributed by atoms with Gasteiger partial charge in [0.2, 0.25) is 5.91 Å². The first kappa shape index (κ1) is 41.8. The number of aliphatic hydroxyl groups is 3. The van der Waals surface area contributed by atoms with Gasteiger partial charge in [-0.3, -0.25) is 32.5 Å². The van der Waals surface area contributed by atoms with E-state index in [4.69, 9.17) is 44.0 Å². The fraction of sp³-hybridized carbons (Fsp3) is 0.520. The van der Waals surface area contributed by atoms with Gasteiger partial charge in [-0.2, -0.15) is 4.31 Å². The second kappa shape index (κ2) is 15.2. The maximum Gasteiger partial charge on any atom is 0.481 e. The maximum atomic E-state index is 13.1. The van der Waals surface area contributed by atoms with Crippen molar-refractivity contribution in [3.8, 4) is 0 Å². The van der Waals surface area contributed by atoms with E-state index in [9.17, 15) is 63.0 Å². The number of hydrogen-bond acceptors (Lipinski definition) is 22. The Labute approximate surface area is 311 Å². The minimum absolute atomic E-state index is 0.119. The minimum atomic E-state index is -5.98. The number of anilines is 1. The van der Waals surface area contributed by atoms with Crippen molar-refractivity contribution in [2.24, 2.45) is 5.73 Å². The largest absolute Gasteiger partial charge is 0.481 e. The van der Waals surface area contributed by atoms with Crippen molar-refractivity contribution in [2.45, 2.75) is 67.7 Å². The van der Waals surface area contributed by atoms with E-state index in [-0.39, 0.29) is 29.0 Å². The summed E-state index contributed by atoms with van der Waals surface area (Å²) >= 11 is 0. The highest BCUT2D eigenvalue weighted by Crippen LogP contribution is 2.62. The number of aliphatic hydroxyl groups excluding tert-OH is 2. The second-order valence-corrected chi connectivity index (χ2v) is 16.4. The number of phosphoric ester groups is 3. The number of rotatable bonds is 13. The van der Waals surface area contributed by atoms with Crippen LogP contribution in [0, 0.1) is 0 Å². The smallest absolute Gasteiger partial charge is 0.423 e. The molecular weight excluding hydrogens is 827 g/mol. The van der Waals surface area contributed by atoms with E-state index in [0.29, 0.717) is 0 Å². The molecule has 0 aliphatic carbocycles. The number of phosphoric acid groups is 3. The molecule has 2 aromatic heterocycles. The van der Waals surface area contributed by atoms with Gasteiger partial charge in [0.1, 0.15) is 36.8 Å². The third kappa shape index (κ3) is 8.41. The zero-order valence-corrected chi connectivity index (χ0v) is 30.6. The number of imidazole rings is 1. The minimum Gasteiger partial charge on any atom is -0.423 e. The summed E-state index contributed by atoms with van der Waals surface area (Å²) in [5.41, 5.74) is 10.8. The van der Waals surface area contributed by atoms with Crippen LogP contribution in [-0.2, 0) is 64.9 Å². The molecule has 2 aromatic rings. The molecule has 4 aliphatic heterocycles. The predicted molar refractivity (Wildman–Crippen MR) is 172 cm³/mol. The van der Waals surface area contributed by atoms with Gasteiger partial charge in [0.25, 0.3) is 0 Å². The molecule has 28 nitrogen and oxygen atoms in total. The van der Waals surface area contributed by atoms with Gasteiger partial charge in [0.15, 0.2) is 30.0 Å². The first-order valence-corrected chi connectivity index (χ1v) is 20.2. The lowest BCUT2D eigenvalue weighted by Crippen LogP contribution is -2.64. The van der Waals surface area contributed by atoms with Gasteiger partial charge >= 0.3 is 47.0 Å². The summed E-state index contributed by atoms with van der Waals surface area (Å²) in [6, 6.07) is 0. The third-order valence-electron chi connectivity index (χ3n) is 8.39. The predicted octanol–water partition coefficient (Wildman–Crippen LogP) is -3.03. The number of fused-ring (bicyclic) bond motifs is 2. The number of aromatic nitrogens is 4. The molecule has 56 heavy (non-hydrogen) atoms. The SMILES string of the molecule is NC(=O)C1=CN([C@@H]2O[C@H](COP(=O)(O)OP(=O)(O)OC[C@@]34OC(=O)CCC(=O)O[C@]3(O)[C@H](OP(=O)(O)O)[C@H](n3cnc5c(N)ncnc53)O4)[C@@H](O)[C@H]2O)C=CC1. The molecular formula is C25H32N7O21P3. The summed E-state index contributed by atoms with van der Waals surface area (Å²) in [5.74, 6) is -10.8. The van der Waals surface area contributed by atoms with Crippen molar-refractivity contribution < 1.29 is 99.8 Å². The topological polar surface area (TPSA) is 417 Å². The average molecular weight is 859 g/mol. The van der Waals surface area contributed by atoms with Crippen molar-refractivity contribution in [3.05, 3.63) is 36.7 Å². The van der Waals surface area contributed by atoms with E-state index in [0.717, 1.165) is 17.2 Å². The fourth-order valence-corrected chi connectivity index (χ4v) is 8.50. The number of allylic oxidation sites excluding steroid dienone is 1. The summed E-state index contributed by atoms with van der Waals surface area (Å²) in [5, 5.41) is 32.9. The molecule has 3 saturated heterocycles. The highest BCUT2D eigenvalue weighted by Gasteiger charge is 2.75. The third-order valence-corrected chi connectivity index (χ3v) is 11.5. The van der Waals surface area contributed by atoms with Gasteiger partial charge in [-0.15, -0.1) is 0 Å². The lowest BCUT2D eigenvalue weighted by atomic mass is 10.0. The lowest BCUT2D eigenvalue weighted by Gasteiger charge is -2.40. The Morgan fingerprint density at radius 1 is 0.982 bits per heavy atom. The second-order valence-electron chi connectivity index (χ2n) is 12.2. The normalized spacial score (nSPS) is 33.1. The van der Waals surface area contributed by atoms with Gasteiger partial charge in [-0.25, -0.2) is 28.6 Å². The molecule has 6 heterocycles. The van der Waals surface area contributed by atoms with Crippen LogP contribution in [0.15, 0.2) is 36.7 Å². The molecule has 1 amide bonds. The zero-order chi connectivity index (χ0) is 41.0. The molecule has 4 aliphatic rings. The Morgan fingerprint density at radius 2 is 1.66 bits per heavy atom. The van der Waals surface area contributed by atoms with Crippen LogP contribution in [-0.4, -0.2) is 133 Å². The van der Waals surface area contributed by atoms with Crippen LogP contribution < -0.4 is 11.5 Å². The molecule has 0 aromatic carbocycles. The zero-order valence-electron chi connectivity index (χ0n) is 28.0. The Balaban J connectivity index is 1.23. The van der Waals surface area contributed by atoms with Crippen LogP contribution in [0.1, 0.15) is 25.5 Å². The van der Waals surface area contributed by atoms with E-state index in [2.05, 4.69) is 19.3 Å². The molecule has 0 spiro atoms. The number of amides is 1. The summed E-state index contributed by atoms with van der Waals surface area (Å²) in [6.45, 7) is -2.86. The molecule has 31 heteroatoms. The van der Waals surface area contributed by atoms with Crippen LogP contribution >= 0.6 is 23.5 Å². The molecule has 0 bridgehead atoms. The molecule has 3 fully saturated rings. The van der Waals surface area contributed by atoms with Crippen LogP contribution in [0.5, 0.6) is 0 Å². The Bertz CT molecular complexity index is 2110. The molecule has 10 atom stereocenters. The molecule has 11 N–H and O–H groups in total. The molecule has 6 rings (SSSR count). The standard InChI is InChI=1S/C25H32N7O21P3/c26-19-15-21(29-9-28-19)32(10-30-15)23-18(52-54(39,40)41)25(38)24(51-23,49-13(33)3-4-14(34)50-25)8-47-56(44,45)53-55(42,43)46-7-12-16(35)17(36)22(48-12)31-5-1-2-11(6-31)20(27)37/h1,5-6,9-10,12,16-18,22-23,35-36,38H,2-4,7-8H2,(H2,27,37)(H,42,43)(H,44,45)(H2,26,28,29)(H2,39,40,41)/t12-,16-,17-,18-,22-,23-,24+,25-/m1/s1. The van der Waals surface area contributed by atoms with Crippen molar-refractivity contribution in [1.82, 2.24) is 24.4 Å². The number of nitrogens with two attached hydrogens (primary N) is 2. The number of primary amides is 1. The average Bonchev–Trinajstić information content (AvgIpc) is 3.72. The monoisotopic (exact) mass is 859 g/mol. The van der Waals surface area contributed by atoms with Gasteiger partial charge < -0.3 is 70.2 Å². The van der Waals surface area contributed by atoms with E-state index in [1.807, 2.05) is 0 Å². The molecule has 308 valence electrons. The van der Waals surface area contributed by atoms with Crippen molar-refractivity contribution in [1.29, 1.82) is 0 Å². The Morgan fingerprint density at radius 3 is 2.34 bits per heavy atom. The molecule has 0 saturated carbocycles. The van der Waals surface area contributed by atoms with Crippen molar-refractivity contribution in [3.63, 3.8) is 0 Å². The first-order valence-electron chi connectivity index (χ1n) is 15.7. The highest BCUT2D eigenvalue weighted by atomic mass is 31.3. The number of ether oxygens (including phenoxy) is 4. The van der Waals surface area contributed by atoms with E-state index < -0.39 is 116 Å². The van der Waals surface area contributed by atoms with Crippen LogP contribution in [0.2, 0.25) is 0 Å². The number of esters is 2. The fourth-order valence-electron chi connectivity index (χ4n) is 5.87. The number of hydrogen-bond donors (Lipinski definition) is 9. The summed E-state index contributed by atoms with van der Waals surface area (Å²) in [7, 11) is -17.5. The summed E-state index contributed by atoms with van der Waals surface area (Å²) in [4.78, 5) is 90.3. The number of carbonyl (C=O) groups is 3. The number of nitrogens with zero attached hydrogens (tertiary/aromatic N) is 5. The van der Waals surface area contributed by atoms with Gasteiger partial charge in [-0.05, 0) is 6.42 Å². The summed E-state index contributed by atoms with van der Waals surface area (Å²) in [6.07, 6.45) is -6.66. The van der Waals surface area contributed by atoms with E-state index in [1.165, 1.54) is 23.4 Å². The first-order chi connectivity index (χ1) is 26.0. The van der Waals surface area contributed by atoms with Gasteiger partial charge in [0, 0.05) is 18.0 Å². The number of nitrogen functional groups attached to an aromatic ring is 1. The molecule has 0 radical (unpaired) electrons. The lowest BCUT2D eigenvalue weighted by molar-refractivity contribution is -0.360. The highest BCUT2D eigenvalue weighted by molar-refractivity contribution is 7.61. The Kier molecular flexibility index (Phi) is 11.3. The van der Waals surface area contributed by atoms with Crippen molar-refractivity contribution >= 4 is 58.3 Å². The van der Waals surface area contributed by atoms with Gasteiger partial charge in [0.05, 0.1) is 25.8 Å². The molecule has 2 unspecified atom stereocenters. The Hall–Kier alpha value is -3.79. The summed E-state index contributed by atoms with van der Waals surface area (Å²) < 4.78 is 78.9. The van der Waals surface area contributed by atoms with Crippen LogP contribution in [0.3, 0.4) is 0 Å². The van der Waals surface area contributed by atoms with Crippen molar-refractivity contribution in [2.75, 3.05) is 18.9 Å². The quantitative estimate of drug-likeness (QED) is 0.0714. The number of carbonyl (C=O) groups excluding carboxylic acids is 3. The van der Waals surface area contributed by atoms with Crippen LogP contribution in [0.4, 0.5) is 5.82 Å². The van der Waals surface area contributed by atoms with E-state index >= 15 is 0 Å². The van der Waals surface area contributed by atoms with Gasteiger partial charge in [-0.1, -0.05) is 6.08 Å².